The second kappa shape index (κ2) is 4.10. The number of anilines is 1. The van der Waals surface area contributed by atoms with Crippen LogP contribution < -0.4 is 4.84 Å². The summed E-state index contributed by atoms with van der Waals surface area (Å²) in [6.45, 7) is 0. The lowest BCUT2D eigenvalue weighted by atomic mass is 10.3. The number of thioether (sulfide) groups is 1. The molecule has 0 aromatic heterocycles. The van der Waals surface area contributed by atoms with Crippen molar-refractivity contribution in [3.8, 4) is 0 Å². The van der Waals surface area contributed by atoms with Gasteiger partial charge in [0, 0.05) is 16.7 Å². The summed E-state index contributed by atoms with van der Waals surface area (Å²) < 4.78 is 0. The van der Waals surface area contributed by atoms with Crippen LogP contribution in [-0.4, -0.2) is 6.26 Å². The molecule has 0 aliphatic carbocycles. The van der Waals surface area contributed by atoms with Crippen LogP contribution in [0.25, 0.3) is 0 Å². The zero-order valence-electron chi connectivity index (χ0n) is 5.90. The zero-order chi connectivity index (χ0) is 8.27. The highest BCUT2D eigenvalue weighted by molar-refractivity contribution is 7.98. The van der Waals surface area contributed by atoms with E-state index in [2.05, 4.69) is 4.84 Å². The average molecular weight is 208 g/mol. The Morgan fingerprint density at radius 1 is 1.45 bits per heavy atom. The number of nitrogens with one attached hydrogen (secondary N) is 1. The molecule has 1 rings (SSSR count). The number of halogens is 2. The van der Waals surface area contributed by atoms with Crippen LogP contribution in [0.3, 0.4) is 0 Å². The van der Waals surface area contributed by atoms with E-state index < -0.39 is 0 Å². The van der Waals surface area contributed by atoms with E-state index >= 15 is 0 Å². The Morgan fingerprint density at radius 2 is 2.18 bits per heavy atom. The number of benzene rings is 1. The minimum Gasteiger partial charge on any atom is -0.297 e. The molecule has 0 radical (unpaired) electrons. The highest BCUT2D eigenvalue weighted by Gasteiger charge is 1.98. The van der Waals surface area contributed by atoms with Crippen LogP contribution in [0.4, 0.5) is 5.69 Å². The summed E-state index contributed by atoms with van der Waals surface area (Å²) in [5, 5.41) is 0.637. The Hall–Kier alpha value is -0.0500. The van der Waals surface area contributed by atoms with E-state index in [1.54, 1.807) is 11.8 Å². The molecule has 11 heavy (non-hydrogen) atoms. The third kappa shape index (κ3) is 2.19. The fourth-order valence-corrected chi connectivity index (χ4v) is 1.51. The first-order valence-electron chi connectivity index (χ1n) is 2.98. The molecule has 0 spiro atoms. The van der Waals surface area contributed by atoms with Gasteiger partial charge in [0.1, 0.15) is 0 Å². The minimum absolute atomic E-state index is 0.637. The summed E-state index contributed by atoms with van der Waals surface area (Å²) in [5.74, 6) is 0. The van der Waals surface area contributed by atoms with Crippen molar-refractivity contribution in [3.05, 3.63) is 23.2 Å². The first-order chi connectivity index (χ1) is 5.27. The maximum atomic E-state index is 5.80. The van der Waals surface area contributed by atoms with Gasteiger partial charge in [0.15, 0.2) is 0 Å². The first-order valence-corrected chi connectivity index (χ1v) is 4.96. The van der Waals surface area contributed by atoms with Gasteiger partial charge in [0.2, 0.25) is 0 Å². The number of hydrogen-bond donors (Lipinski definition) is 1. The van der Waals surface area contributed by atoms with Crippen molar-refractivity contribution >= 4 is 40.8 Å². The molecular weight excluding hydrogens is 201 g/mol. The summed E-state index contributed by atoms with van der Waals surface area (Å²) in [6.07, 6.45) is 2.00. The quantitative estimate of drug-likeness (QED) is 0.588. The Balaban J connectivity index is 3.02. The molecule has 1 aromatic rings. The Labute approximate surface area is 80.2 Å². The van der Waals surface area contributed by atoms with Crippen LogP contribution >= 0.6 is 35.1 Å². The van der Waals surface area contributed by atoms with Crippen molar-refractivity contribution in [2.75, 3.05) is 11.1 Å². The van der Waals surface area contributed by atoms with Crippen molar-refractivity contribution in [2.45, 2.75) is 4.90 Å². The predicted molar refractivity (Wildman–Crippen MR) is 52.7 cm³/mol. The van der Waals surface area contributed by atoms with E-state index in [0.29, 0.717) is 5.02 Å². The van der Waals surface area contributed by atoms with Gasteiger partial charge in [-0.1, -0.05) is 11.6 Å². The lowest BCUT2D eigenvalue weighted by Gasteiger charge is -2.02. The fourth-order valence-electron chi connectivity index (χ4n) is 0.704. The van der Waals surface area contributed by atoms with E-state index in [-0.39, 0.29) is 0 Å². The van der Waals surface area contributed by atoms with Crippen molar-refractivity contribution < 1.29 is 0 Å². The second-order valence-corrected chi connectivity index (χ2v) is 3.42. The van der Waals surface area contributed by atoms with Crippen LogP contribution in [-0.2, 0) is 0 Å². The molecule has 0 aliphatic rings. The Bertz CT molecular complexity index is 252. The molecule has 0 saturated heterocycles. The van der Waals surface area contributed by atoms with Gasteiger partial charge in [-0.05, 0) is 24.5 Å². The summed E-state index contributed by atoms with van der Waals surface area (Å²) in [6, 6.07) is 5.67. The van der Waals surface area contributed by atoms with Crippen molar-refractivity contribution in [3.63, 3.8) is 0 Å². The highest BCUT2D eigenvalue weighted by Crippen LogP contribution is 2.27. The standard InChI is InChI=1S/C7H7Cl2NS/c1-11-5-2-3-6(8)7(4-5)10-9/h2-4,10H,1H3. The molecule has 0 amide bonds. The molecule has 0 saturated carbocycles. The van der Waals surface area contributed by atoms with Gasteiger partial charge in [-0.15, -0.1) is 11.8 Å². The lowest BCUT2D eigenvalue weighted by Crippen LogP contribution is -1.81. The van der Waals surface area contributed by atoms with Gasteiger partial charge in [-0.25, -0.2) is 0 Å². The topological polar surface area (TPSA) is 12.0 Å². The second-order valence-electron chi connectivity index (χ2n) is 1.94. The first kappa shape index (κ1) is 9.04. The van der Waals surface area contributed by atoms with Crippen LogP contribution in [0.1, 0.15) is 0 Å². The van der Waals surface area contributed by atoms with E-state index in [0.717, 1.165) is 10.6 Å². The maximum Gasteiger partial charge on any atom is 0.0689 e. The van der Waals surface area contributed by atoms with Crippen molar-refractivity contribution in [2.24, 2.45) is 0 Å². The average Bonchev–Trinajstić information content (AvgIpc) is 2.05. The third-order valence-corrected chi connectivity index (χ3v) is 2.53. The molecule has 0 aliphatic heterocycles. The van der Waals surface area contributed by atoms with Crippen LogP contribution in [0.15, 0.2) is 23.1 Å². The van der Waals surface area contributed by atoms with E-state index in [9.17, 15) is 0 Å². The summed E-state index contributed by atoms with van der Waals surface area (Å²) in [5.41, 5.74) is 0.750. The smallest absolute Gasteiger partial charge is 0.0689 e. The lowest BCUT2D eigenvalue weighted by molar-refractivity contribution is 1.47. The van der Waals surface area contributed by atoms with Gasteiger partial charge in [0.05, 0.1) is 10.7 Å². The molecule has 60 valence electrons. The van der Waals surface area contributed by atoms with E-state index in [4.69, 9.17) is 23.4 Å². The SMILES string of the molecule is CSc1ccc(Cl)c(NCl)c1. The monoisotopic (exact) mass is 207 g/mol. The molecule has 0 atom stereocenters. The highest BCUT2D eigenvalue weighted by atomic mass is 35.5. The normalized spacial score (nSPS) is 9.73. The van der Waals surface area contributed by atoms with Crippen LogP contribution in [0, 0.1) is 0 Å². The van der Waals surface area contributed by atoms with Gasteiger partial charge in [-0.2, -0.15) is 0 Å². The molecule has 0 fully saturated rings. The fraction of sp³-hybridized carbons (Fsp3) is 0.143. The van der Waals surface area contributed by atoms with Gasteiger partial charge >= 0.3 is 0 Å². The molecule has 1 N–H and O–H groups in total. The molecule has 4 heteroatoms. The summed E-state index contributed by atoms with van der Waals surface area (Å²) in [4.78, 5) is 3.63. The molecule has 0 bridgehead atoms. The van der Waals surface area contributed by atoms with Gasteiger partial charge in [-0.3, -0.25) is 4.84 Å². The predicted octanol–water partition coefficient (Wildman–Crippen LogP) is 3.63. The zero-order valence-corrected chi connectivity index (χ0v) is 8.22. The summed E-state index contributed by atoms with van der Waals surface area (Å²) in [7, 11) is 0. The minimum atomic E-state index is 0.637. The largest absolute Gasteiger partial charge is 0.297 e. The van der Waals surface area contributed by atoms with E-state index in [1.807, 2.05) is 24.5 Å². The Kier molecular flexibility index (Phi) is 3.37. The van der Waals surface area contributed by atoms with Crippen molar-refractivity contribution in [1.82, 2.24) is 0 Å². The molecule has 0 heterocycles. The maximum absolute atomic E-state index is 5.80. The van der Waals surface area contributed by atoms with Crippen LogP contribution in [0.2, 0.25) is 5.02 Å². The molecular formula is C7H7Cl2NS. The number of rotatable bonds is 2. The third-order valence-electron chi connectivity index (χ3n) is 1.28. The summed E-state index contributed by atoms with van der Waals surface area (Å²) >= 11 is 12.9. The molecule has 0 unspecified atom stereocenters. The van der Waals surface area contributed by atoms with Gasteiger partial charge in [0.25, 0.3) is 0 Å². The van der Waals surface area contributed by atoms with Crippen molar-refractivity contribution in [1.29, 1.82) is 0 Å². The Morgan fingerprint density at radius 3 is 2.73 bits per heavy atom. The molecule has 1 nitrogen and oxygen atoms in total. The van der Waals surface area contributed by atoms with E-state index in [1.165, 1.54) is 0 Å². The molecule has 1 aromatic carbocycles. The van der Waals surface area contributed by atoms with Gasteiger partial charge < -0.3 is 0 Å². The van der Waals surface area contributed by atoms with Crippen LogP contribution in [0.5, 0.6) is 0 Å². The number of hydrogen-bond acceptors (Lipinski definition) is 2.